The van der Waals surface area contributed by atoms with Gasteiger partial charge in [0.1, 0.15) is 5.65 Å². The average Bonchev–Trinajstić information content (AvgIpc) is 3.47. The van der Waals surface area contributed by atoms with Crippen molar-refractivity contribution in [1.29, 1.82) is 0 Å². The summed E-state index contributed by atoms with van der Waals surface area (Å²) in [7, 11) is 0. The largest absolute Gasteiger partial charge is 0.494 e. The van der Waals surface area contributed by atoms with E-state index in [1.807, 2.05) is 0 Å². The van der Waals surface area contributed by atoms with Gasteiger partial charge in [-0.15, -0.1) is 0 Å². The van der Waals surface area contributed by atoms with E-state index in [1.54, 1.807) is 15.5 Å². The monoisotopic (exact) mass is 441 g/mol. The Kier molecular flexibility index (Phi) is 5.46. The van der Waals surface area contributed by atoms with Crippen LogP contribution in [0.2, 0.25) is 0 Å². The first-order valence-corrected chi connectivity index (χ1v) is 11.2. The average molecular weight is 441 g/mol. The first-order valence-electron chi connectivity index (χ1n) is 11.2. The second-order valence-electron chi connectivity index (χ2n) is 8.77. The molecule has 0 bridgehead atoms. The molecule has 3 heterocycles. The van der Waals surface area contributed by atoms with Gasteiger partial charge in [0.05, 0.1) is 19.4 Å². The van der Waals surface area contributed by atoms with Crippen LogP contribution >= 0.6 is 0 Å². The summed E-state index contributed by atoms with van der Waals surface area (Å²) in [6.45, 7) is 2.56. The van der Waals surface area contributed by atoms with E-state index in [0.717, 1.165) is 36.6 Å². The number of fused-ring (bicyclic) bond motifs is 1. The number of hydrogen-bond donors (Lipinski definition) is 2. The maximum absolute atomic E-state index is 13.1. The van der Waals surface area contributed by atoms with Crippen molar-refractivity contribution in [3.63, 3.8) is 0 Å². The lowest BCUT2D eigenvalue weighted by molar-refractivity contribution is -0.129. The lowest BCUT2D eigenvalue weighted by Gasteiger charge is -2.27. The standard InChI is InChI=1S/C22H27N5O5/c28-17(25-8-10-32-11-9-25)7-4-15-12-23-27-20(15)26(13-14-2-1-3-14)21(30)18(22(27)31)19(29)24-16-5-6-16/h4,7,12,14,16,30H,1-3,5-6,8-11,13H2,(H,24,29). The minimum Gasteiger partial charge on any atom is -0.494 e. The van der Waals surface area contributed by atoms with E-state index in [0.29, 0.717) is 50.0 Å². The Morgan fingerprint density at radius 1 is 1.22 bits per heavy atom. The van der Waals surface area contributed by atoms with Crippen molar-refractivity contribution in [1.82, 2.24) is 24.4 Å². The summed E-state index contributed by atoms with van der Waals surface area (Å²) in [5.74, 6) is -0.713. The van der Waals surface area contributed by atoms with Gasteiger partial charge in [0, 0.05) is 37.3 Å². The molecule has 2 N–H and O–H groups in total. The molecule has 32 heavy (non-hydrogen) atoms. The Bertz CT molecular complexity index is 1140. The van der Waals surface area contributed by atoms with Gasteiger partial charge in [-0.3, -0.25) is 19.0 Å². The molecule has 170 valence electrons. The van der Waals surface area contributed by atoms with Crippen LogP contribution in [0.3, 0.4) is 0 Å². The van der Waals surface area contributed by atoms with Gasteiger partial charge in [-0.1, -0.05) is 6.42 Å². The summed E-state index contributed by atoms with van der Waals surface area (Å²) < 4.78 is 8.03. The van der Waals surface area contributed by atoms with E-state index in [9.17, 15) is 19.5 Å². The van der Waals surface area contributed by atoms with E-state index < -0.39 is 11.5 Å². The molecule has 3 fully saturated rings. The number of ether oxygens (including phenoxy) is 1. The molecular weight excluding hydrogens is 414 g/mol. The van der Waals surface area contributed by atoms with Gasteiger partial charge in [0.25, 0.3) is 11.5 Å². The molecule has 0 radical (unpaired) electrons. The number of nitrogens with one attached hydrogen (secondary N) is 1. The van der Waals surface area contributed by atoms with Crippen LogP contribution in [0.15, 0.2) is 17.1 Å². The number of carbonyl (C=O) groups is 2. The molecule has 0 spiro atoms. The third-order valence-electron chi connectivity index (χ3n) is 6.45. The number of amides is 2. The van der Waals surface area contributed by atoms with Crippen LogP contribution < -0.4 is 10.9 Å². The summed E-state index contributed by atoms with van der Waals surface area (Å²) >= 11 is 0. The van der Waals surface area contributed by atoms with Crippen molar-refractivity contribution in [3.05, 3.63) is 33.8 Å². The molecule has 2 aromatic rings. The third kappa shape index (κ3) is 3.90. The van der Waals surface area contributed by atoms with E-state index in [2.05, 4.69) is 10.4 Å². The summed E-state index contributed by atoms with van der Waals surface area (Å²) in [6.07, 6.45) is 9.46. The Hall–Kier alpha value is -3.14. The zero-order chi connectivity index (χ0) is 22.2. The van der Waals surface area contributed by atoms with E-state index >= 15 is 0 Å². The first kappa shape index (κ1) is 20.7. The molecule has 3 aliphatic rings. The van der Waals surface area contributed by atoms with Crippen molar-refractivity contribution in [2.75, 3.05) is 26.3 Å². The number of carbonyl (C=O) groups excluding carboxylic acids is 2. The molecule has 0 aromatic carbocycles. The molecule has 1 aliphatic heterocycles. The number of aromatic nitrogens is 3. The smallest absolute Gasteiger partial charge is 0.291 e. The predicted molar refractivity (Wildman–Crippen MR) is 115 cm³/mol. The van der Waals surface area contributed by atoms with Gasteiger partial charge in [-0.2, -0.15) is 9.61 Å². The van der Waals surface area contributed by atoms with Crippen molar-refractivity contribution < 1.29 is 19.4 Å². The topological polar surface area (TPSA) is 118 Å². The van der Waals surface area contributed by atoms with Gasteiger partial charge < -0.3 is 20.1 Å². The van der Waals surface area contributed by atoms with Crippen molar-refractivity contribution in [2.45, 2.75) is 44.7 Å². The maximum atomic E-state index is 13.1. The Balaban J connectivity index is 1.54. The van der Waals surface area contributed by atoms with Gasteiger partial charge in [-0.05, 0) is 37.7 Å². The first-order chi connectivity index (χ1) is 15.5. The normalized spacial score (nSPS) is 19.4. The Morgan fingerprint density at radius 2 is 1.97 bits per heavy atom. The van der Waals surface area contributed by atoms with Crippen LogP contribution in [-0.2, 0) is 16.1 Å². The fourth-order valence-electron chi connectivity index (χ4n) is 4.17. The quantitative estimate of drug-likeness (QED) is 0.639. The van der Waals surface area contributed by atoms with Crippen LogP contribution in [-0.4, -0.2) is 68.3 Å². The minimum absolute atomic E-state index is 0.0550. The van der Waals surface area contributed by atoms with Crippen molar-refractivity contribution in [3.8, 4) is 5.88 Å². The highest BCUT2D eigenvalue weighted by Crippen LogP contribution is 2.31. The molecule has 2 aromatic heterocycles. The second-order valence-corrected chi connectivity index (χ2v) is 8.77. The highest BCUT2D eigenvalue weighted by atomic mass is 16.5. The lowest BCUT2D eigenvalue weighted by Crippen LogP contribution is -2.39. The maximum Gasteiger partial charge on any atom is 0.291 e. The summed E-state index contributed by atoms with van der Waals surface area (Å²) in [4.78, 5) is 40.0. The van der Waals surface area contributed by atoms with Gasteiger partial charge >= 0.3 is 0 Å². The van der Waals surface area contributed by atoms with E-state index in [-0.39, 0.29) is 23.4 Å². The summed E-state index contributed by atoms with van der Waals surface area (Å²) in [5, 5.41) is 18.0. The van der Waals surface area contributed by atoms with Gasteiger partial charge in [-0.25, -0.2) is 0 Å². The SMILES string of the molecule is O=C(NC1CC1)c1c(O)n(CC2CCC2)c2c(C=CC(=O)N3CCOCC3)cnn2c1=O. The molecule has 2 amide bonds. The highest BCUT2D eigenvalue weighted by Gasteiger charge is 2.31. The molecule has 10 heteroatoms. The molecule has 5 rings (SSSR count). The van der Waals surface area contributed by atoms with E-state index in [4.69, 9.17) is 4.74 Å². The highest BCUT2D eigenvalue weighted by molar-refractivity contribution is 5.97. The van der Waals surface area contributed by atoms with Crippen LogP contribution in [0.1, 0.15) is 48.0 Å². The molecule has 0 atom stereocenters. The molecule has 1 saturated heterocycles. The second kappa shape index (κ2) is 8.42. The zero-order valence-corrected chi connectivity index (χ0v) is 17.8. The Morgan fingerprint density at radius 3 is 2.62 bits per heavy atom. The molecule has 2 aliphatic carbocycles. The molecule has 2 saturated carbocycles. The van der Waals surface area contributed by atoms with E-state index in [1.165, 1.54) is 12.3 Å². The van der Waals surface area contributed by atoms with Crippen LogP contribution in [0.4, 0.5) is 0 Å². The fraction of sp³-hybridized carbons (Fsp3) is 0.545. The number of hydrogen-bond acceptors (Lipinski definition) is 6. The van der Waals surface area contributed by atoms with Crippen molar-refractivity contribution >= 4 is 23.5 Å². The lowest BCUT2D eigenvalue weighted by atomic mass is 9.85. The van der Waals surface area contributed by atoms with Crippen LogP contribution in [0.25, 0.3) is 11.7 Å². The number of morpholine rings is 1. The molecular formula is C22H27N5O5. The number of rotatable bonds is 6. The summed E-state index contributed by atoms with van der Waals surface area (Å²) in [5.41, 5.74) is -0.0349. The number of nitrogens with zero attached hydrogens (tertiary/aromatic N) is 4. The van der Waals surface area contributed by atoms with Crippen LogP contribution in [0, 0.1) is 5.92 Å². The van der Waals surface area contributed by atoms with Gasteiger partial charge in [0.15, 0.2) is 5.56 Å². The number of aromatic hydroxyl groups is 1. The Labute approximate surface area is 184 Å². The zero-order valence-electron chi connectivity index (χ0n) is 17.8. The van der Waals surface area contributed by atoms with Crippen molar-refractivity contribution in [2.24, 2.45) is 5.92 Å². The van der Waals surface area contributed by atoms with Gasteiger partial charge in [0.2, 0.25) is 11.8 Å². The molecule has 0 unspecified atom stereocenters. The van der Waals surface area contributed by atoms with Crippen LogP contribution in [0.5, 0.6) is 5.88 Å². The predicted octanol–water partition coefficient (Wildman–Crippen LogP) is 0.766. The third-order valence-corrected chi connectivity index (χ3v) is 6.45. The molecule has 10 nitrogen and oxygen atoms in total. The fourth-order valence-corrected chi connectivity index (χ4v) is 4.17. The minimum atomic E-state index is -0.667. The summed E-state index contributed by atoms with van der Waals surface area (Å²) in [6, 6.07) is 0.0550.